The molecule has 1 aromatic heterocycles. The molecule has 0 bridgehead atoms. The van der Waals surface area contributed by atoms with Crippen LogP contribution < -0.4 is 0 Å². The maximum atomic E-state index is 11.9. The van der Waals surface area contributed by atoms with Crippen LogP contribution in [0.4, 0.5) is 0 Å². The summed E-state index contributed by atoms with van der Waals surface area (Å²) in [4.78, 5) is 26.3. The first-order chi connectivity index (χ1) is 10.4. The fourth-order valence-corrected chi connectivity index (χ4v) is 2.39. The molecule has 0 fully saturated rings. The van der Waals surface area contributed by atoms with Gasteiger partial charge in [0.1, 0.15) is 0 Å². The Hall–Kier alpha value is -1.40. The van der Waals surface area contributed by atoms with E-state index in [4.69, 9.17) is 9.47 Å². The molecular weight excluding hydrogens is 302 g/mol. The second kappa shape index (κ2) is 9.58. The third-order valence-electron chi connectivity index (χ3n) is 3.13. The molecule has 0 N–H and O–H groups in total. The summed E-state index contributed by atoms with van der Waals surface area (Å²) < 4.78 is 10.4. The minimum atomic E-state index is -0.644. The van der Waals surface area contributed by atoms with E-state index < -0.39 is 12.1 Å². The summed E-state index contributed by atoms with van der Waals surface area (Å²) in [7, 11) is 1.69. The largest absolute Gasteiger partial charge is 0.454 e. The van der Waals surface area contributed by atoms with Gasteiger partial charge in [0.15, 0.2) is 12.7 Å². The van der Waals surface area contributed by atoms with Crippen molar-refractivity contribution in [1.29, 1.82) is 0 Å². The number of amides is 1. The fraction of sp³-hybridized carbons (Fsp3) is 0.625. The van der Waals surface area contributed by atoms with Gasteiger partial charge in [-0.3, -0.25) is 4.79 Å². The number of rotatable bonds is 9. The van der Waals surface area contributed by atoms with E-state index in [2.05, 4.69) is 13.8 Å². The van der Waals surface area contributed by atoms with Crippen LogP contribution >= 0.6 is 11.3 Å². The van der Waals surface area contributed by atoms with Crippen LogP contribution in [0.5, 0.6) is 0 Å². The predicted molar refractivity (Wildman–Crippen MR) is 86.6 cm³/mol. The van der Waals surface area contributed by atoms with Crippen molar-refractivity contribution in [3.05, 3.63) is 22.4 Å². The highest BCUT2D eigenvalue weighted by Gasteiger charge is 2.18. The van der Waals surface area contributed by atoms with Crippen LogP contribution in [0.2, 0.25) is 0 Å². The van der Waals surface area contributed by atoms with Crippen molar-refractivity contribution in [3.63, 3.8) is 0 Å². The summed E-state index contributed by atoms with van der Waals surface area (Å²) in [5.41, 5.74) is 0. The van der Waals surface area contributed by atoms with Crippen molar-refractivity contribution in [2.75, 3.05) is 20.3 Å². The molecule has 1 heterocycles. The molecule has 124 valence electrons. The Balaban J connectivity index is 2.25. The molecule has 1 aromatic rings. The van der Waals surface area contributed by atoms with Gasteiger partial charge in [-0.05, 0) is 30.7 Å². The number of esters is 1. The lowest BCUT2D eigenvalue weighted by atomic mass is 10.1. The molecule has 22 heavy (non-hydrogen) atoms. The van der Waals surface area contributed by atoms with Gasteiger partial charge in [0, 0.05) is 18.5 Å². The SMILES string of the molecule is CC(C)CCOC(C)C(=O)OCC(=O)N(C)Cc1cccs1. The molecule has 6 heteroatoms. The molecule has 0 aromatic carbocycles. The summed E-state index contributed by atoms with van der Waals surface area (Å²) in [5.74, 6) is -0.201. The second-order valence-electron chi connectivity index (χ2n) is 5.63. The molecule has 1 unspecified atom stereocenters. The van der Waals surface area contributed by atoms with E-state index in [9.17, 15) is 9.59 Å². The highest BCUT2D eigenvalue weighted by Crippen LogP contribution is 2.11. The number of carbonyl (C=O) groups is 2. The van der Waals surface area contributed by atoms with Crippen molar-refractivity contribution >= 4 is 23.2 Å². The first-order valence-corrected chi connectivity index (χ1v) is 8.32. The Labute approximate surface area is 136 Å². The minimum Gasteiger partial charge on any atom is -0.454 e. The normalized spacial score (nSPS) is 12.2. The lowest BCUT2D eigenvalue weighted by molar-refractivity contribution is -0.161. The van der Waals surface area contributed by atoms with Gasteiger partial charge >= 0.3 is 5.97 Å². The van der Waals surface area contributed by atoms with Crippen LogP contribution in [0.15, 0.2) is 17.5 Å². The Morgan fingerprint density at radius 2 is 2.05 bits per heavy atom. The van der Waals surface area contributed by atoms with Crippen LogP contribution in [-0.2, 0) is 25.6 Å². The number of carbonyl (C=O) groups excluding carboxylic acids is 2. The number of ether oxygens (including phenoxy) is 2. The van der Waals surface area contributed by atoms with Crippen LogP contribution in [-0.4, -0.2) is 43.1 Å². The standard InChI is InChI=1S/C16H25NO4S/c1-12(2)7-8-20-13(3)16(19)21-11-15(18)17(4)10-14-6-5-9-22-14/h5-6,9,12-13H,7-8,10-11H2,1-4H3. The summed E-state index contributed by atoms with van der Waals surface area (Å²) >= 11 is 1.59. The van der Waals surface area contributed by atoms with Crippen molar-refractivity contribution < 1.29 is 19.1 Å². The van der Waals surface area contributed by atoms with Crippen molar-refractivity contribution in [1.82, 2.24) is 4.90 Å². The summed E-state index contributed by atoms with van der Waals surface area (Å²) in [6, 6.07) is 3.90. The lowest BCUT2D eigenvalue weighted by Gasteiger charge is -2.17. The van der Waals surface area contributed by atoms with Crippen LogP contribution in [0.1, 0.15) is 32.1 Å². The smallest absolute Gasteiger partial charge is 0.335 e. The Bertz CT molecular complexity index is 459. The van der Waals surface area contributed by atoms with Gasteiger partial charge < -0.3 is 14.4 Å². The summed E-state index contributed by atoms with van der Waals surface area (Å²) in [5, 5.41) is 1.96. The Morgan fingerprint density at radius 1 is 1.32 bits per heavy atom. The van der Waals surface area contributed by atoms with Gasteiger partial charge in [0.2, 0.25) is 0 Å². The third kappa shape index (κ3) is 7.04. The summed E-state index contributed by atoms with van der Waals surface area (Å²) in [6.07, 6.45) is 0.245. The van der Waals surface area contributed by atoms with Gasteiger partial charge in [-0.15, -0.1) is 11.3 Å². The van der Waals surface area contributed by atoms with Crippen LogP contribution in [0, 0.1) is 5.92 Å². The predicted octanol–water partition coefficient (Wildman–Crippen LogP) is 2.70. The molecule has 0 radical (unpaired) electrons. The lowest BCUT2D eigenvalue weighted by Crippen LogP contribution is -2.33. The molecule has 5 nitrogen and oxygen atoms in total. The molecule has 0 saturated carbocycles. The van der Waals surface area contributed by atoms with Crippen molar-refractivity contribution in [2.45, 2.75) is 39.8 Å². The molecule has 0 aliphatic rings. The number of hydrogen-bond acceptors (Lipinski definition) is 5. The minimum absolute atomic E-state index is 0.226. The van der Waals surface area contributed by atoms with Gasteiger partial charge in [-0.25, -0.2) is 4.79 Å². The molecule has 0 spiro atoms. The topological polar surface area (TPSA) is 55.8 Å². The molecule has 1 rings (SSSR count). The zero-order valence-corrected chi connectivity index (χ0v) is 14.5. The third-order valence-corrected chi connectivity index (χ3v) is 3.99. The number of hydrogen-bond donors (Lipinski definition) is 0. The first kappa shape index (κ1) is 18.6. The van der Waals surface area contributed by atoms with E-state index in [-0.39, 0.29) is 12.5 Å². The van der Waals surface area contributed by atoms with Gasteiger partial charge in [-0.2, -0.15) is 0 Å². The molecule has 1 atom stereocenters. The average molecular weight is 327 g/mol. The molecule has 1 amide bonds. The van der Waals surface area contributed by atoms with E-state index in [1.165, 1.54) is 0 Å². The molecule has 0 aliphatic heterocycles. The maximum Gasteiger partial charge on any atom is 0.335 e. The first-order valence-electron chi connectivity index (χ1n) is 7.44. The van der Waals surface area contributed by atoms with E-state index in [0.29, 0.717) is 19.1 Å². The quantitative estimate of drug-likeness (QED) is 0.654. The van der Waals surface area contributed by atoms with Crippen LogP contribution in [0.25, 0.3) is 0 Å². The summed E-state index contributed by atoms with van der Waals surface area (Å²) in [6.45, 7) is 6.61. The zero-order chi connectivity index (χ0) is 16.5. The van der Waals surface area contributed by atoms with E-state index in [1.54, 1.807) is 30.2 Å². The number of likely N-dealkylation sites (N-methyl/N-ethyl adjacent to an activating group) is 1. The maximum absolute atomic E-state index is 11.9. The van der Waals surface area contributed by atoms with Gasteiger partial charge in [0.05, 0.1) is 6.54 Å². The number of nitrogens with zero attached hydrogens (tertiary/aromatic N) is 1. The average Bonchev–Trinajstić information content (AvgIpc) is 2.96. The monoisotopic (exact) mass is 327 g/mol. The molecule has 0 saturated heterocycles. The number of thiophene rings is 1. The second-order valence-corrected chi connectivity index (χ2v) is 6.66. The zero-order valence-electron chi connectivity index (χ0n) is 13.7. The molecule has 0 aliphatic carbocycles. The highest BCUT2D eigenvalue weighted by atomic mass is 32.1. The Kier molecular flexibility index (Phi) is 8.12. The van der Waals surface area contributed by atoms with E-state index in [1.807, 2.05) is 17.5 Å². The van der Waals surface area contributed by atoms with Crippen LogP contribution in [0.3, 0.4) is 0 Å². The van der Waals surface area contributed by atoms with Gasteiger partial charge in [0.25, 0.3) is 5.91 Å². The fourth-order valence-electron chi connectivity index (χ4n) is 1.63. The highest BCUT2D eigenvalue weighted by molar-refractivity contribution is 7.09. The van der Waals surface area contributed by atoms with E-state index in [0.717, 1.165) is 11.3 Å². The van der Waals surface area contributed by atoms with Gasteiger partial charge in [-0.1, -0.05) is 19.9 Å². The van der Waals surface area contributed by atoms with Crippen molar-refractivity contribution in [2.24, 2.45) is 5.92 Å². The van der Waals surface area contributed by atoms with E-state index >= 15 is 0 Å². The van der Waals surface area contributed by atoms with Crippen molar-refractivity contribution in [3.8, 4) is 0 Å². The Morgan fingerprint density at radius 3 is 2.64 bits per heavy atom. The molecular formula is C16H25NO4S.